The van der Waals surface area contributed by atoms with E-state index < -0.39 is 17.8 Å². The average molecular weight is 442 g/mol. The molecule has 0 aliphatic heterocycles. The number of thioether (sulfide) groups is 1. The van der Waals surface area contributed by atoms with E-state index in [4.69, 9.17) is 0 Å². The molecular weight excluding hydrogens is 425 g/mol. The molecule has 2 aromatic carbocycles. The molecule has 9 heteroatoms. The number of carbonyl (C=O) groups is 1. The van der Waals surface area contributed by atoms with Gasteiger partial charge in [-0.15, -0.1) is 11.8 Å². The van der Waals surface area contributed by atoms with Gasteiger partial charge in [-0.3, -0.25) is 0 Å². The van der Waals surface area contributed by atoms with Crippen molar-refractivity contribution in [2.45, 2.75) is 11.1 Å². The molecule has 3 N–H and O–H groups in total. The summed E-state index contributed by atoms with van der Waals surface area (Å²) in [6, 6.07) is 15.4. The SMILES string of the molecule is CSc1ccc(-c2ccc3c(NC(=O)Nc4ccc(C(F)(F)F)cc4)c[nH]c3n2)cc1. The molecule has 0 bridgehead atoms. The number of hydrogen-bond donors (Lipinski definition) is 3. The molecule has 2 heterocycles. The largest absolute Gasteiger partial charge is 0.416 e. The van der Waals surface area contributed by atoms with Crippen LogP contribution in [0.25, 0.3) is 22.3 Å². The van der Waals surface area contributed by atoms with Gasteiger partial charge in [0, 0.05) is 27.7 Å². The van der Waals surface area contributed by atoms with E-state index in [9.17, 15) is 18.0 Å². The Hall–Kier alpha value is -3.46. The highest BCUT2D eigenvalue weighted by Crippen LogP contribution is 2.30. The number of aromatic nitrogens is 2. The molecule has 0 unspecified atom stereocenters. The number of anilines is 2. The van der Waals surface area contributed by atoms with Crippen molar-refractivity contribution in [3.8, 4) is 11.3 Å². The van der Waals surface area contributed by atoms with Gasteiger partial charge in [0.2, 0.25) is 0 Å². The number of amides is 2. The summed E-state index contributed by atoms with van der Waals surface area (Å²) in [4.78, 5) is 21.1. The first kappa shape index (κ1) is 20.8. The van der Waals surface area contributed by atoms with Gasteiger partial charge in [0.05, 0.1) is 16.9 Å². The lowest BCUT2D eigenvalue weighted by molar-refractivity contribution is -0.137. The zero-order chi connectivity index (χ0) is 22.0. The lowest BCUT2D eigenvalue weighted by Crippen LogP contribution is -2.19. The summed E-state index contributed by atoms with van der Waals surface area (Å²) in [7, 11) is 0. The van der Waals surface area contributed by atoms with Gasteiger partial charge in [-0.25, -0.2) is 9.78 Å². The molecule has 4 aromatic rings. The highest BCUT2D eigenvalue weighted by Gasteiger charge is 2.30. The minimum atomic E-state index is -4.42. The minimum Gasteiger partial charge on any atom is -0.344 e. The summed E-state index contributed by atoms with van der Waals surface area (Å²) in [5.41, 5.74) is 2.36. The molecule has 0 aliphatic rings. The van der Waals surface area contributed by atoms with Crippen LogP contribution in [0.4, 0.5) is 29.3 Å². The third-order valence-corrected chi connectivity index (χ3v) is 5.39. The van der Waals surface area contributed by atoms with Gasteiger partial charge >= 0.3 is 12.2 Å². The van der Waals surface area contributed by atoms with Gasteiger partial charge in [-0.2, -0.15) is 13.2 Å². The molecule has 0 saturated heterocycles. The topological polar surface area (TPSA) is 69.8 Å². The molecule has 2 aromatic heterocycles. The molecule has 0 spiro atoms. The number of benzene rings is 2. The monoisotopic (exact) mass is 442 g/mol. The van der Waals surface area contributed by atoms with Crippen molar-refractivity contribution in [3.05, 3.63) is 72.4 Å². The molecule has 4 rings (SSSR count). The summed E-state index contributed by atoms with van der Waals surface area (Å²) >= 11 is 1.66. The maximum atomic E-state index is 12.6. The Kier molecular flexibility index (Phi) is 5.60. The summed E-state index contributed by atoms with van der Waals surface area (Å²) in [6.07, 6.45) is -0.793. The standard InChI is InChI=1S/C22H17F3N4OS/c1-31-16-8-2-13(3-9-16)18-11-10-17-19(12-26-20(17)28-18)29-21(30)27-15-6-4-14(5-7-15)22(23,24)25/h2-12H,1H3,(H,26,28)(H2,27,29,30). The quantitative estimate of drug-likeness (QED) is 0.311. The highest BCUT2D eigenvalue weighted by molar-refractivity contribution is 7.98. The van der Waals surface area contributed by atoms with Crippen molar-refractivity contribution in [3.63, 3.8) is 0 Å². The number of urea groups is 1. The van der Waals surface area contributed by atoms with E-state index in [-0.39, 0.29) is 5.69 Å². The summed E-state index contributed by atoms with van der Waals surface area (Å²) < 4.78 is 37.9. The normalized spacial score (nSPS) is 11.5. The van der Waals surface area contributed by atoms with E-state index in [1.807, 2.05) is 42.7 Å². The molecule has 0 fully saturated rings. The number of alkyl halides is 3. The molecule has 158 valence electrons. The Morgan fingerprint density at radius 2 is 1.68 bits per heavy atom. The van der Waals surface area contributed by atoms with Gasteiger partial charge in [0.15, 0.2) is 0 Å². The van der Waals surface area contributed by atoms with Crippen molar-refractivity contribution in [2.24, 2.45) is 0 Å². The Morgan fingerprint density at radius 1 is 0.968 bits per heavy atom. The molecular formula is C22H17F3N4OS. The zero-order valence-electron chi connectivity index (χ0n) is 16.2. The highest BCUT2D eigenvalue weighted by atomic mass is 32.2. The zero-order valence-corrected chi connectivity index (χ0v) is 17.1. The molecule has 0 saturated carbocycles. The van der Waals surface area contributed by atoms with Crippen LogP contribution in [0.15, 0.2) is 71.8 Å². The minimum absolute atomic E-state index is 0.249. The Morgan fingerprint density at radius 3 is 2.32 bits per heavy atom. The smallest absolute Gasteiger partial charge is 0.344 e. The van der Waals surface area contributed by atoms with E-state index in [0.717, 1.165) is 28.3 Å². The van der Waals surface area contributed by atoms with Crippen molar-refractivity contribution >= 4 is 40.2 Å². The van der Waals surface area contributed by atoms with E-state index in [1.54, 1.807) is 18.0 Å². The molecule has 2 amide bonds. The van der Waals surface area contributed by atoms with Crippen LogP contribution in [0, 0.1) is 0 Å². The van der Waals surface area contributed by atoms with E-state index in [2.05, 4.69) is 20.6 Å². The number of fused-ring (bicyclic) bond motifs is 1. The molecule has 0 radical (unpaired) electrons. The van der Waals surface area contributed by atoms with Crippen LogP contribution >= 0.6 is 11.8 Å². The molecule has 5 nitrogen and oxygen atoms in total. The van der Waals surface area contributed by atoms with E-state index >= 15 is 0 Å². The van der Waals surface area contributed by atoms with Crippen LogP contribution in [0.5, 0.6) is 0 Å². The Balaban J connectivity index is 1.47. The summed E-state index contributed by atoms with van der Waals surface area (Å²) in [6.45, 7) is 0. The van der Waals surface area contributed by atoms with Crippen molar-refractivity contribution in [2.75, 3.05) is 16.9 Å². The second-order valence-corrected chi connectivity index (χ2v) is 7.56. The van der Waals surface area contributed by atoms with Crippen LogP contribution in [-0.2, 0) is 6.18 Å². The van der Waals surface area contributed by atoms with Crippen LogP contribution in [0.1, 0.15) is 5.56 Å². The third-order valence-electron chi connectivity index (χ3n) is 4.64. The fourth-order valence-corrected chi connectivity index (χ4v) is 3.47. The maximum absolute atomic E-state index is 12.6. The van der Waals surface area contributed by atoms with Gasteiger partial charge in [-0.05, 0) is 54.8 Å². The summed E-state index contributed by atoms with van der Waals surface area (Å²) in [5, 5.41) is 5.92. The second kappa shape index (κ2) is 8.35. The van der Waals surface area contributed by atoms with Gasteiger partial charge in [0.25, 0.3) is 0 Å². The Labute approximate surface area is 180 Å². The first-order valence-electron chi connectivity index (χ1n) is 9.21. The number of nitrogens with zero attached hydrogens (tertiary/aromatic N) is 1. The van der Waals surface area contributed by atoms with Gasteiger partial charge in [-0.1, -0.05) is 12.1 Å². The van der Waals surface area contributed by atoms with Crippen molar-refractivity contribution in [1.82, 2.24) is 9.97 Å². The number of halogens is 3. The molecule has 0 atom stereocenters. The van der Waals surface area contributed by atoms with Crippen molar-refractivity contribution in [1.29, 1.82) is 0 Å². The molecule has 0 aliphatic carbocycles. The lowest BCUT2D eigenvalue weighted by atomic mass is 10.1. The predicted molar refractivity (Wildman–Crippen MR) is 117 cm³/mol. The van der Waals surface area contributed by atoms with Crippen LogP contribution in [-0.4, -0.2) is 22.3 Å². The third kappa shape index (κ3) is 4.66. The number of nitrogens with one attached hydrogen (secondary N) is 3. The van der Waals surface area contributed by atoms with E-state index in [1.165, 1.54) is 12.1 Å². The predicted octanol–water partition coefficient (Wildman–Crippen LogP) is 6.61. The van der Waals surface area contributed by atoms with E-state index in [0.29, 0.717) is 16.7 Å². The number of H-pyrrole nitrogens is 1. The first-order chi connectivity index (χ1) is 14.8. The lowest BCUT2D eigenvalue weighted by Gasteiger charge is -2.09. The van der Waals surface area contributed by atoms with Crippen LogP contribution in [0.3, 0.4) is 0 Å². The van der Waals surface area contributed by atoms with Gasteiger partial charge < -0.3 is 15.6 Å². The average Bonchev–Trinajstić information content (AvgIpc) is 3.15. The fourth-order valence-electron chi connectivity index (χ4n) is 3.06. The number of hydrogen-bond acceptors (Lipinski definition) is 3. The number of rotatable bonds is 4. The van der Waals surface area contributed by atoms with Crippen LogP contribution < -0.4 is 10.6 Å². The number of aromatic amines is 1. The van der Waals surface area contributed by atoms with Crippen molar-refractivity contribution < 1.29 is 18.0 Å². The fraction of sp³-hybridized carbons (Fsp3) is 0.0909. The van der Waals surface area contributed by atoms with Gasteiger partial charge in [0.1, 0.15) is 5.65 Å². The molecule has 31 heavy (non-hydrogen) atoms. The summed E-state index contributed by atoms with van der Waals surface area (Å²) in [5.74, 6) is 0. The number of carbonyl (C=O) groups excluding carboxylic acids is 1. The van der Waals surface area contributed by atoms with Crippen LogP contribution in [0.2, 0.25) is 0 Å². The Bertz CT molecular complexity index is 1220. The maximum Gasteiger partial charge on any atom is 0.416 e. The number of pyridine rings is 1. The second-order valence-electron chi connectivity index (χ2n) is 6.68. The first-order valence-corrected chi connectivity index (χ1v) is 10.4.